The van der Waals surface area contributed by atoms with Crippen molar-refractivity contribution in [3.8, 4) is 0 Å². The first-order valence-electron chi connectivity index (χ1n) is 8.19. The lowest BCUT2D eigenvalue weighted by Crippen LogP contribution is -2.42. The van der Waals surface area contributed by atoms with E-state index in [4.69, 9.17) is 4.74 Å². The molecule has 0 fully saturated rings. The molecule has 20 heavy (non-hydrogen) atoms. The highest BCUT2D eigenvalue weighted by Gasteiger charge is 2.35. The molecule has 1 aromatic carbocycles. The minimum Gasteiger partial charge on any atom is -0.381 e. The second-order valence-electron chi connectivity index (χ2n) is 5.93. The molecule has 1 aromatic rings. The Bertz CT molecular complexity index is 404. The third-order valence-electron chi connectivity index (χ3n) is 4.48. The van der Waals surface area contributed by atoms with Crippen LogP contribution in [0.1, 0.15) is 50.7 Å². The van der Waals surface area contributed by atoms with Gasteiger partial charge < -0.3 is 10.1 Å². The average Bonchev–Trinajstić information content (AvgIpc) is 2.50. The molecule has 1 atom stereocenters. The highest BCUT2D eigenvalue weighted by atomic mass is 16.5. The van der Waals surface area contributed by atoms with E-state index < -0.39 is 0 Å². The maximum atomic E-state index is 5.78. The molecular formula is C18H29NO. The van der Waals surface area contributed by atoms with Gasteiger partial charge in [-0.3, -0.25) is 0 Å². The summed E-state index contributed by atoms with van der Waals surface area (Å²) in [7, 11) is 0. The van der Waals surface area contributed by atoms with E-state index >= 15 is 0 Å². The largest absolute Gasteiger partial charge is 0.381 e. The molecule has 112 valence electrons. The number of hydrogen-bond acceptors (Lipinski definition) is 2. The number of fused-ring (bicyclic) bond motifs is 1. The van der Waals surface area contributed by atoms with E-state index in [9.17, 15) is 0 Å². The molecule has 2 heteroatoms. The Balaban J connectivity index is 2.14. The Labute approximate surface area is 123 Å². The van der Waals surface area contributed by atoms with E-state index in [2.05, 4.69) is 43.4 Å². The van der Waals surface area contributed by atoms with Gasteiger partial charge in [0.05, 0.1) is 0 Å². The molecule has 0 radical (unpaired) electrons. The number of hydrogen-bond donors (Lipinski definition) is 1. The first kappa shape index (κ1) is 15.5. The van der Waals surface area contributed by atoms with Gasteiger partial charge in [-0.25, -0.2) is 0 Å². The molecule has 0 amide bonds. The summed E-state index contributed by atoms with van der Waals surface area (Å²) in [5.41, 5.74) is 3.39. The van der Waals surface area contributed by atoms with Gasteiger partial charge in [0.1, 0.15) is 0 Å². The van der Waals surface area contributed by atoms with Crippen molar-refractivity contribution in [3.63, 3.8) is 0 Å². The van der Waals surface area contributed by atoms with Crippen LogP contribution in [0.4, 0.5) is 0 Å². The van der Waals surface area contributed by atoms with E-state index in [1.54, 1.807) is 11.1 Å². The number of ether oxygens (including phenoxy) is 1. The molecular weight excluding hydrogens is 246 g/mol. The predicted octanol–water partition coefficient (Wildman–Crippen LogP) is 3.69. The zero-order chi connectivity index (χ0) is 14.3. The first-order valence-corrected chi connectivity index (χ1v) is 8.19. The Hall–Kier alpha value is -0.860. The number of rotatable bonds is 8. The lowest BCUT2D eigenvalue weighted by atomic mass is 9.68. The van der Waals surface area contributed by atoms with E-state index in [-0.39, 0.29) is 5.41 Å². The Morgan fingerprint density at radius 3 is 2.85 bits per heavy atom. The van der Waals surface area contributed by atoms with Gasteiger partial charge in [0, 0.05) is 25.2 Å². The van der Waals surface area contributed by atoms with Gasteiger partial charge in [-0.1, -0.05) is 38.1 Å². The quantitative estimate of drug-likeness (QED) is 0.731. The van der Waals surface area contributed by atoms with E-state index in [0.717, 1.165) is 39.1 Å². The van der Waals surface area contributed by atoms with Crippen molar-refractivity contribution in [3.05, 3.63) is 35.4 Å². The standard InChI is InChI=1S/C18H29NO/c1-3-13-20-14-12-18(15-19-4-2)11-7-9-16-8-5-6-10-17(16)18/h5-6,8,10,19H,3-4,7,9,11-15H2,1-2H3. The fraction of sp³-hybridized carbons (Fsp3) is 0.667. The predicted molar refractivity (Wildman–Crippen MR) is 85.3 cm³/mol. The van der Waals surface area contributed by atoms with Crippen molar-refractivity contribution in [1.82, 2.24) is 5.32 Å². The molecule has 0 spiro atoms. The van der Waals surface area contributed by atoms with E-state index in [1.165, 1.54) is 19.3 Å². The number of likely N-dealkylation sites (N-methyl/N-ethyl adjacent to an activating group) is 1. The monoisotopic (exact) mass is 275 g/mol. The topological polar surface area (TPSA) is 21.3 Å². The van der Waals surface area contributed by atoms with Gasteiger partial charge in [0.2, 0.25) is 0 Å². The first-order chi connectivity index (χ1) is 9.82. The minimum absolute atomic E-state index is 0.276. The smallest absolute Gasteiger partial charge is 0.0475 e. The number of nitrogens with one attached hydrogen (secondary N) is 1. The van der Waals surface area contributed by atoms with Crippen molar-refractivity contribution >= 4 is 0 Å². The van der Waals surface area contributed by atoms with Crippen LogP contribution in [0.2, 0.25) is 0 Å². The highest BCUT2D eigenvalue weighted by Crippen LogP contribution is 2.39. The Morgan fingerprint density at radius 2 is 2.05 bits per heavy atom. The van der Waals surface area contributed by atoms with Crippen LogP contribution in [0.25, 0.3) is 0 Å². The van der Waals surface area contributed by atoms with Crippen LogP contribution in [0.5, 0.6) is 0 Å². The molecule has 1 aliphatic carbocycles. The molecule has 1 unspecified atom stereocenters. The third-order valence-corrected chi connectivity index (χ3v) is 4.48. The van der Waals surface area contributed by atoms with Crippen molar-refractivity contribution < 1.29 is 4.74 Å². The average molecular weight is 275 g/mol. The van der Waals surface area contributed by atoms with Crippen molar-refractivity contribution in [2.45, 2.75) is 51.4 Å². The summed E-state index contributed by atoms with van der Waals surface area (Å²) < 4.78 is 5.78. The number of aryl methyl sites for hydroxylation is 1. The SMILES string of the molecule is CCCOCCC1(CNCC)CCCc2ccccc21. The summed E-state index contributed by atoms with van der Waals surface area (Å²) in [5, 5.41) is 3.59. The van der Waals surface area contributed by atoms with E-state index in [0.29, 0.717) is 0 Å². The normalized spacial score (nSPS) is 21.7. The second-order valence-corrected chi connectivity index (χ2v) is 5.93. The molecule has 0 saturated heterocycles. The van der Waals surface area contributed by atoms with Gasteiger partial charge in [0.15, 0.2) is 0 Å². The lowest BCUT2D eigenvalue weighted by molar-refractivity contribution is 0.109. The van der Waals surface area contributed by atoms with Gasteiger partial charge >= 0.3 is 0 Å². The molecule has 1 aliphatic rings. The maximum Gasteiger partial charge on any atom is 0.0475 e. The molecule has 0 aromatic heterocycles. The fourth-order valence-electron chi connectivity index (χ4n) is 3.42. The fourth-order valence-corrected chi connectivity index (χ4v) is 3.42. The maximum absolute atomic E-state index is 5.78. The minimum atomic E-state index is 0.276. The molecule has 2 nitrogen and oxygen atoms in total. The number of benzene rings is 1. The van der Waals surface area contributed by atoms with Crippen LogP contribution < -0.4 is 5.32 Å². The van der Waals surface area contributed by atoms with Gasteiger partial charge in [-0.05, 0) is 49.8 Å². The summed E-state index contributed by atoms with van der Waals surface area (Å²) in [5.74, 6) is 0. The molecule has 2 rings (SSSR count). The van der Waals surface area contributed by atoms with Gasteiger partial charge in [-0.15, -0.1) is 0 Å². The summed E-state index contributed by atoms with van der Waals surface area (Å²) >= 11 is 0. The van der Waals surface area contributed by atoms with Gasteiger partial charge in [-0.2, -0.15) is 0 Å². The van der Waals surface area contributed by atoms with Crippen molar-refractivity contribution in [2.24, 2.45) is 0 Å². The van der Waals surface area contributed by atoms with Crippen molar-refractivity contribution in [2.75, 3.05) is 26.3 Å². The lowest BCUT2D eigenvalue weighted by Gasteiger charge is -2.39. The molecule has 0 saturated carbocycles. The third kappa shape index (κ3) is 3.62. The zero-order valence-corrected chi connectivity index (χ0v) is 13.1. The summed E-state index contributed by atoms with van der Waals surface area (Å²) in [6, 6.07) is 9.02. The second kappa shape index (κ2) is 7.80. The van der Waals surface area contributed by atoms with Crippen molar-refractivity contribution in [1.29, 1.82) is 0 Å². The molecule has 1 N–H and O–H groups in total. The molecule has 0 heterocycles. The molecule has 0 bridgehead atoms. The van der Waals surface area contributed by atoms with Gasteiger partial charge in [0.25, 0.3) is 0 Å². The van der Waals surface area contributed by atoms with Crippen LogP contribution in [0, 0.1) is 0 Å². The van der Waals surface area contributed by atoms with Crippen LogP contribution >= 0.6 is 0 Å². The van der Waals surface area contributed by atoms with Crippen LogP contribution in [-0.4, -0.2) is 26.3 Å². The highest BCUT2D eigenvalue weighted by molar-refractivity contribution is 5.37. The van der Waals surface area contributed by atoms with Crippen LogP contribution in [0.3, 0.4) is 0 Å². The Morgan fingerprint density at radius 1 is 1.20 bits per heavy atom. The summed E-state index contributed by atoms with van der Waals surface area (Å²) in [6.45, 7) is 8.25. The van der Waals surface area contributed by atoms with E-state index in [1.807, 2.05) is 0 Å². The summed E-state index contributed by atoms with van der Waals surface area (Å²) in [6.07, 6.45) is 6.07. The zero-order valence-electron chi connectivity index (χ0n) is 13.1. The summed E-state index contributed by atoms with van der Waals surface area (Å²) in [4.78, 5) is 0. The Kier molecular flexibility index (Phi) is 6.06. The van der Waals surface area contributed by atoms with Crippen LogP contribution in [0.15, 0.2) is 24.3 Å². The van der Waals surface area contributed by atoms with Crippen LogP contribution in [-0.2, 0) is 16.6 Å². The molecule has 0 aliphatic heterocycles.